The van der Waals surface area contributed by atoms with Crippen molar-refractivity contribution in [3.05, 3.63) is 35.9 Å². The van der Waals surface area contributed by atoms with Gasteiger partial charge in [0.15, 0.2) is 0 Å². The Bertz CT molecular complexity index is 302. The van der Waals surface area contributed by atoms with E-state index in [4.69, 9.17) is 0 Å². The maximum Gasteiger partial charge on any atom is 0.0234 e. The van der Waals surface area contributed by atoms with Gasteiger partial charge >= 0.3 is 0 Å². The molecule has 1 aromatic carbocycles. The summed E-state index contributed by atoms with van der Waals surface area (Å²) in [6.45, 7) is 13.6. The van der Waals surface area contributed by atoms with Crippen LogP contribution >= 0.6 is 0 Å². The lowest BCUT2D eigenvalue weighted by Crippen LogP contribution is -2.46. The van der Waals surface area contributed by atoms with Crippen LogP contribution in [0.15, 0.2) is 30.3 Å². The average molecular weight is 262 g/mol. The quantitative estimate of drug-likeness (QED) is 0.799. The lowest BCUT2D eigenvalue weighted by Gasteiger charge is -2.34. The van der Waals surface area contributed by atoms with Crippen molar-refractivity contribution in [1.82, 2.24) is 9.80 Å². The van der Waals surface area contributed by atoms with Gasteiger partial charge in [-0.05, 0) is 18.5 Å². The topological polar surface area (TPSA) is 6.48 Å². The van der Waals surface area contributed by atoms with E-state index in [9.17, 15) is 0 Å². The molecule has 0 aliphatic carbocycles. The molecule has 2 rings (SSSR count). The number of benzene rings is 1. The van der Waals surface area contributed by atoms with Crippen molar-refractivity contribution in [2.24, 2.45) is 0 Å². The summed E-state index contributed by atoms with van der Waals surface area (Å²) >= 11 is 0. The van der Waals surface area contributed by atoms with Crippen molar-refractivity contribution in [1.29, 1.82) is 0 Å². The van der Waals surface area contributed by atoms with Crippen LogP contribution in [0.3, 0.4) is 0 Å². The Morgan fingerprint density at radius 1 is 0.895 bits per heavy atom. The van der Waals surface area contributed by atoms with E-state index in [2.05, 4.69) is 47.1 Å². The largest absolute Gasteiger partial charge is 0.301 e. The maximum absolute atomic E-state index is 2.60. The summed E-state index contributed by atoms with van der Waals surface area (Å²) in [4.78, 5) is 5.17. The summed E-state index contributed by atoms with van der Waals surface area (Å²) in [7, 11) is 0. The van der Waals surface area contributed by atoms with E-state index in [1.807, 2.05) is 13.8 Å². The van der Waals surface area contributed by atoms with Gasteiger partial charge in [-0.3, -0.25) is 4.90 Å². The molecule has 2 nitrogen and oxygen atoms in total. The number of hydrogen-bond acceptors (Lipinski definition) is 2. The van der Waals surface area contributed by atoms with Crippen molar-refractivity contribution in [2.75, 3.05) is 32.7 Å². The standard InChI is InChI=1S/C15H24N2.C2H6/c1-2-3-9-16-10-12-17(13-11-16)14-15-7-5-4-6-8-15;1-2/h4-8H,2-3,9-14H2,1H3;1-2H3. The van der Waals surface area contributed by atoms with Gasteiger partial charge in [0.2, 0.25) is 0 Å². The van der Waals surface area contributed by atoms with E-state index in [0.717, 1.165) is 6.54 Å². The second-order valence-corrected chi connectivity index (χ2v) is 4.96. The van der Waals surface area contributed by atoms with Crippen molar-refractivity contribution in [3.63, 3.8) is 0 Å². The Morgan fingerprint density at radius 3 is 2.05 bits per heavy atom. The summed E-state index contributed by atoms with van der Waals surface area (Å²) in [5.41, 5.74) is 1.44. The number of nitrogens with zero attached hydrogens (tertiary/aromatic N) is 2. The van der Waals surface area contributed by atoms with Gasteiger partial charge in [0.05, 0.1) is 0 Å². The van der Waals surface area contributed by atoms with Crippen molar-refractivity contribution >= 4 is 0 Å². The highest BCUT2D eigenvalue weighted by molar-refractivity contribution is 5.14. The predicted octanol–water partition coefficient (Wildman–Crippen LogP) is 3.63. The van der Waals surface area contributed by atoms with Crippen LogP contribution in [0.1, 0.15) is 39.2 Å². The zero-order valence-electron chi connectivity index (χ0n) is 12.9. The molecule has 0 spiro atoms. The fourth-order valence-corrected chi connectivity index (χ4v) is 2.39. The summed E-state index contributed by atoms with van der Waals surface area (Å²) in [5.74, 6) is 0. The van der Waals surface area contributed by atoms with E-state index >= 15 is 0 Å². The first-order chi connectivity index (χ1) is 9.38. The maximum atomic E-state index is 2.60. The molecule has 0 unspecified atom stereocenters. The highest BCUT2D eigenvalue weighted by Gasteiger charge is 2.15. The Balaban J connectivity index is 0.000000861. The molecule has 0 atom stereocenters. The normalized spacial score (nSPS) is 16.8. The first-order valence-corrected chi connectivity index (χ1v) is 7.87. The number of piperazine rings is 1. The molecular formula is C17H30N2. The number of hydrogen-bond donors (Lipinski definition) is 0. The molecule has 1 fully saturated rings. The van der Waals surface area contributed by atoms with Gasteiger partial charge in [-0.15, -0.1) is 0 Å². The van der Waals surface area contributed by atoms with Gasteiger partial charge in [0.1, 0.15) is 0 Å². The summed E-state index contributed by atoms with van der Waals surface area (Å²) in [6, 6.07) is 10.8. The zero-order valence-corrected chi connectivity index (χ0v) is 12.9. The molecule has 0 aromatic heterocycles. The monoisotopic (exact) mass is 262 g/mol. The van der Waals surface area contributed by atoms with Crippen LogP contribution in [0.25, 0.3) is 0 Å². The molecule has 1 aliphatic heterocycles. The molecule has 1 saturated heterocycles. The molecule has 0 amide bonds. The molecule has 1 heterocycles. The van der Waals surface area contributed by atoms with E-state index in [0.29, 0.717) is 0 Å². The van der Waals surface area contributed by atoms with Gasteiger partial charge in [-0.2, -0.15) is 0 Å². The van der Waals surface area contributed by atoms with Crippen LogP contribution in [0.2, 0.25) is 0 Å². The third-order valence-electron chi connectivity index (χ3n) is 3.54. The minimum Gasteiger partial charge on any atom is -0.301 e. The first-order valence-electron chi connectivity index (χ1n) is 7.87. The molecule has 108 valence electrons. The van der Waals surface area contributed by atoms with Crippen LogP contribution in [0, 0.1) is 0 Å². The molecule has 0 N–H and O–H groups in total. The van der Waals surface area contributed by atoms with E-state index in [1.165, 1.54) is 51.1 Å². The molecule has 0 saturated carbocycles. The van der Waals surface area contributed by atoms with Crippen LogP contribution in [-0.4, -0.2) is 42.5 Å². The molecule has 1 aromatic rings. The van der Waals surface area contributed by atoms with Crippen molar-refractivity contribution < 1.29 is 0 Å². The number of rotatable bonds is 5. The second-order valence-electron chi connectivity index (χ2n) is 4.96. The van der Waals surface area contributed by atoms with Crippen LogP contribution in [-0.2, 0) is 6.54 Å². The van der Waals surface area contributed by atoms with Gasteiger partial charge in [-0.25, -0.2) is 0 Å². The van der Waals surface area contributed by atoms with Gasteiger partial charge in [-0.1, -0.05) is 57.5 Å². The first kappa shape index (κ1) is 16.2. The Hall–Kier alpha value is -0.860. The molecule has 19 heavy (non-hydrogen) atoms. The average Bonchev–Trinajstić information content (AvgIpc) is 2.50. The smallest absolute Gasteiger partial charge is 0.0234 e. The fraction of sp³-hybridized carbons (Fsp3) is 0.647. The number of unbranched alkanes of at least 4 members (excludes halogenated alkanes) is 1. The molecule has 1 aliphatic rings. The zero-order chi connectivity index (χ0) is 13.9. The van der Waals surface area contributed by atoms with Gasteiger partial charge in [0, 0.05) is 32.7 Å². The Labute approximate surface area is 119 Å². The van der Waals surface area contributed by atoms with E-state index in [-0.39, 0.29) is 0 Å². The highest BCUT2D eigenvalue weighted by atomic mass is 15.3. The van der Waals surface area contributed by atoms with Crippen LogP contribution < -0.4 is 0 Å². The molecule has 0 bridgehead atoms. The van der Waals surface area contributed by atoms with Crippen molar-refractivity contribution in [2.45, 2.75) is 40.2 Å². The lowest BCUT2D eigenvalue weighted by atomic mass is 10.2. The molecular weight excluding hydrogens is 232 g/mol. The SMILES string of the molecule is CC.CCCCN1CCN(Cc2ccccc2)CC1. The minimum absolute atomic E-state index is 1.11. The summed E-state index contributed by atoms with van der Waals surface area (Å²) < 4.78 is 0. The van der Waals surface area contributed by atoms with Crippen LogP contribution in [0.4, 0.5) is 0 Å². The fourth-order valence-electron chi connectivity index (χ4n) is 2.39. The van der Waals surface area contributed by atoms with E-state index < -0.39 is 0 Å². The van der Waals surface area contributed by atoms with Crippen LogP contribution in [0.5, 0.6) is 0 Å². The third-order valence-corrected chi connectivity index (χ3v) is 3.54. The van der Waals surface area contributed by atoms with E-state index in [1.54, 1.807) is 0 Å². The minimum atomic E-state index is 1.11. The summed E-state index contributed by atoms with van der Waals surface area (Å²) in [6.07, 6.45) is 2.66. The molecule has 0 radical (unpaired) electrons. The Morgan fingerprint density at radius 2 is 1.47 bits per heavy atom. The summed E-state index contributed by atoms with van der Waals surface area (Å²) in [5, 5.41) is 0. The predicted molar refractivity (Wildman–Crippen MR) is 84.4 cm³/mol. The lowest BCUT2D eigenvalue weighted by molar-refractivity contribution is 0.126. The van der Waals surface area contributed by atoms with Gasteiger partial charge in [0.25, 0.3) is 0 Å². The van der Waals surface area contributed by atoms with Gasteiger partial charge < -0.3 is 4.90 Å². The Kier molecular flexibility index (Phi) is 8.52. The highest BCUT2D eigenvalue weighted by Crippen LogP contribution is 2.08. The third kappa shape index (κ3) is 6.22. The van der Waals surface area contributed by atoms with Crippen molar-refractivity contribution in [3.8, 4) is 0 Å². The second kappa shape index (κ2) is 9.99. The molecule has 2 heteroatoms.